The maximum atomic E-state index is 6.68. The van der Waals surface area contributed by atoms with Crippen molar-refractivity contribution in [3.8, 4) is 33.4 Å². The molecule has 1 aliphatic carbocycles. The van der Waals surface area contributed by atoms with Crippen LogP contribution in [0.4, 0.5) is 34.1 Å². The predicted octanol–water partition coefficient (Wildman–Crippen LogP) is 16.5. The minimum absolute atomic E-state index is 0.140. The summed E-state index contributed by atoms with van der Waals surface area (Å²) in [6.07, 6.45) is 0. The lowest BCUT2D eigenvalue weighted by molar-refractivity contribution is 0.660. The van der Waals surface area contributed by atoms with Gasteiger partial charge in [0.1, 0.15) is 13.7 Å². The molecule has 0 saturated heterocycles. The number of para-hydroxylation sites is 4. The van der Waals surface area contributed by atoms with Gasteiger partial charge in [0.25, 0.3) is 0 Å². The number of rotatable bonds is 7. The molecule has 320 valence electrons. The van der Waals surface area contributed by atoms with Crippen molar-refractivity contribution in [2.75, 3.05) is 9.80 Å². The van der Waals surface area contributed by atoms with Gasteiger partial charge in [-0.3, -0.25) is 0 Å². The summed E-state index contributed by atoms with van der Waals surface area (Å²) in [5, 5.41) is 7.76. The Morgan fingerprint density at radius 1 is 0.388 bits per heavy atom. The van der Waals surface area contributed by atoms with Gasteiger partial charge in [-0.1, -0.05) is 185 Å². The van der Waals surface area contributed by atoms with Crippen LogP contribution < -0.4 is 20.2 Å². The molecule has 13 rings (SSSR count). The fourth-order valence-corrected chi connectivity index (χ4v) is 14.7. The van der Waals surface area contributed by atoms with E-state index in [0.29, 0.717) is 0 Å². The van der Waals surface area contributed by atoms with Gasteiger partial charge < -0.3 is 14.2 Å². The van der Waals surface area contributed by atoms with Crippen LogP contribution in [0.3, 0.4) is 0 Å². The molecule has 2 aliphatic rings. The third-order valence-electron chi connectivity index (χ3n) is 14.9. The van der Waals surface area contributed by atoms with E-state index in [4.69, 9.17) is 4.42 Å². The minimum Gasteiger partial charge on any atom is -0.454 e. The first-order valence-corrected chi connectivity index (χ1v) is 26.4. The first kappa shape index (κ1) is 39.4. The molecule has 1 aromatic heterocycles. The summed E-state index contributed by atoms with van der Waals surface area (Å²) in [7, 11) is -2.34. The second-order valence-corrected chi connectivity index (χ2v) is 23.6. The number of nitrogens with zero attached hydrogens (tertiary/aromatic N) is 2. The van der Waals surface area contributed by atoms with E-state index in [1.165, 1.54) is 71.3 Å². The Morgan fingerprint density at radius 3 is 1.84 bits per heavy atom. The van der Waals surface area contributed by atoms with Crippen molar-refractivity contribution in [3.63, 3.8) is 0 Å². The van der Waals surface area contributed by atoms with Gasteiger partial charge in [0.15, 0.2) is 5.58 Å². The van der Waals surface area contributed by atoms with Gasteiger partial charge in [-0.15, -0.1) is 0 Å². The first-order chi connectivity index (χ1) is 32.8. The Balaban J connectivity index is 1.01. The van der Waals surface area contributed by atoms with E-state index in [1.807, 2.05) is 6.07 Å². The molecule has 11 aromatic rings. The third-order valence-corrected chi connectivity index (χ3v) is 18.4. The number of benzene rings is 10. The van der Waals surface area contributed by atoms with Crippen LogP contribution in [-0.4, -0.2) is 8.07 Å². The van der Waals surface area contributed by atoms with Crippen molar-refractivity contribution in [1.29, 1.82) is 0 Å². The Bertz CT molecular complexity index is 3770. The van der Waals surface area contributed by atoms with Crippen molar-refractivity contribution >= 4 is 85.3 Å². The molecule has 0 saturated carbocycles. The smallest absolute Gasteiger partial charge is 0.159 e. The Kier molecular flexibility index (Phi) is 8.71. The minimum atomic E-state index is -2.34. The van der Waals surface area contributed by atoms with Crippen LogP contribution in [0.2, 0.25) is 13.1 Å². The second kappa shape index (κ2) is 14.8. The molecule has 0 amide bonds. The largest absolute Gasteiger partial charge is 0.454 e. The lowest BCUT2D eigenvalue weighted by atomic mass is 9.82. The molecule has 0 bridgehead atoms. The molecule has 0 N–H and O–H groups in total. The van der Waals surface area contributed by atoms with E-state index < -0.39 is 8.07 Å². The van der Waals surface area contributed by atoms with Crippen LogP contribution in [0.1, 0.15) is 25.0 Å². The summed E-state index contributed by atoms with van der Waals surface area (Å²) in [6, 6.07) is 80.5. The third kappa shape index (κ3) is 5.89. The standard InChI is InChI=1S/C63H48N2OSi/c1-63(2)53-28-14-11-24-46(53)47-35-33-43(39-54(47)63)65(55-29-15-12-23-45(55)41-19-7-5-8-20-41)56-38-37-50-49-36-34-44(40-60(49)67(3,4)59-32-18-27-52(56)61(50)59)64(42-21-9-6-10-22-42)57-30-17-26-51-48-25-13-16-31-58(48)66-62(51)57/h5-40H,1-4H3. The van der Waals surface area contributed by atoms with E-state index >= 15 is 0 Å². The van der Waals surface area contributed by atoms with Crippen LogP contribution >= 0.6 is 0 Å². The van der Waals surface area contributed by atoms with E-state index in [1.54, 1.807) is 0 Å². The molecule has 0 unspecified atom stereocenters. The van der Waals surface area contributed by atoms with E-state index in [0.717, 1.165) is 50.4 Å². The van der Waals surface area contributed by atoms with Crippen molar-refractivity contribution in [2.45, 2.75) is 32.4 Å². The van der Waals surface area contributed by atoms with Gasteiger partial charge >= 0.3 is 0 Å². The summed E-state index contributed by atoms with van der Waals surface area (Å²) in [5.74, 6) is 0. The normalized spacial score (nSPS) is 13.9. The fraction of sp³-hybridized carbons (Fsp3) is 0.0794. The van der Waals surface area contributed by atoms with E-state index in [2.05, 4.69) is 249 Å². The van der Waals surface area contributed by atoms with Crippen LogP contribution in [0.25, 0.3) is 66.1 Å². The van der Waals surface area contributed by atoms with Crippen LogP contribution in [-0.2, 0) is 5.41 Å². The Labute approximate surface area is 392 Å². The summed E-state index contributed by atoms with van der Waals surface area (Å²) >= 11 is 0. The van der Waals surface area contributed by atoms with Crippen molar-refractivity contribution in [3.05, 3.63) is 230 Å². The molecule has 1 aliphatic heterocycles. The van der Waals surface area contributed by atoms with Crippen molar-refractivity contribution in [2.24, 2.45) is 0 Å². The zero-order chi connectivity index (χ0) is 45.0. The summed E-state index contributed by atoms with van der Waals surface area (Å²) < 4.78 is 6.68. The monoisotopic (exact) mass is 876 g/mol. The predicted molar refractivity (Wildman–Crippen MR) is 286 cm³/mol. The Morgan fingerprint density at radius 2 is 1.00 bits per heavy atom. The van der Waals surface area contributed by atoms with Gasteiger partial charge in [0, 0.05) is 44.2 Å². The van der Waals surface area contributed by atoms with Crippen LogP contribution in [0.15, 0.2) is 223 Å². The highest BCUT2D eigenvalue weighted by Crippen LogP contribution is 2.53. The quantitative estimate of drug-likeness (QED) is 0.149. The zero-order valence-corrected chi connectivity index (χ0v) is 39.1. The number of furan rings is 1. The topological polar surface area (TPSA) is 19.6 Å². The number of fused-ring (bicyclic) bond motifs is 8. The average Bonchev–Trinajstić information content (AvgIpc) is 3.86. The molecule has 0 radical (unpaired) electrons. The number of hydrogen-bond donors (Lipinski definition) is 0. The highest BCUT2D eigenvalue weighted by Gasteiger charge is 2.39. The lowest BCUT2D eigenvalue weighted by Crippen LogP contribution is -2.56. The Hall–Kier alpha value is -7.92. The number of hydrogen-bond acceptors (Lipinski definition) is 3. The van der Waals surface area contributed by atoms with Gasteiger partial charge in [-0.2, -0.15) is 0 Å². The average molecular weight is 877 g/mol. The highest BCUT2D eigenvalue weighted by atomic mass is 28.3. The molecule has 10 aromatic carbocycles. The molecule has 67 heavy (non-hydrogen) atoms. The molecule has 3 nitrogen and oxygen atoms in total. The van der Waals surface area contributed by atoms with Crippen LogP contribution in [0, 0.1) is 0 Å². The summed E-state index contributed by atoms with van der Waals surface area (Å²) in [6.45, 7) is 9.82. The van der Waals surface area contributed by atoms with Crippen molar-refractivity contribution < 1.29 is 4.42 Å². The SMILES string of the molecule is CC1(C)c2ccccc2-c2ccc(N(c3ccccc3-c3ccccc3)c3ccc4c5c(cccc35)[Si](C)(C)c3cc(N(c5ccccc5)c5cccc6c5oc5ccccc56)ccc3-4)cc21. The second-order valence-electron chi connectivity index (χ2n) is 19.3. The number of anilines is 6. The maximum absolute atomic E-state index is 6.68. The molecule has 0 fully saturated rings. The van der Waals surface area contributed by atoms with Crippen LogP contribution in [0.5, 0.6) is 0 Å². The first-order valence-electron chi connectivity index (χ1n) is 23.4. The van der Waals surface area contributed by atoms with Gasteiger partial charge in [0.05, 0.1) is 17.1 Å². The van der Waals surface area contributed by atoms with E-state index in [9.17, 15) is 0 Å². The molecule has 0 spiro atoms. The molecule has 4 heteroatoms. The van der Waals surface area contributed by atoms with Gasteiger partial charge in [-0.25, -0.2) is 0 Å². The van der Waals surface area contributed by atoms with Crippen molar-refractivity contribution in [1.82, 2.24) is 0 Å². The van der Waals surface area contributed by atoms with Gasteiger partial charge in [-0.05, 0) is 115 Å². The molecular formula is C63H48N2OSi. The zero-order valence-electron chi connectivity index (χ0n) is 38.1. The summed E-state index contributed by atoms with van der Waals surface area (Å²) in [5.41, 5.74) is 18.8. The van der Waals surface area contributed by atoms with E-state index in [-0.39, 0.29) is 5.41 Å². The van der Waals surface area contributed by atoms with Gasteiger partial charge in [0.2, 0.25) is 0 Å². The molecule has 0 atom stereocenters. The fourth-order valence-electron chi connectivity index (χ4n) is 11.6. The lowest BCUT2D eigenvalue weighted by Gasteiger charge is -2.37. The maximum Gasteiger partial charge on any atom is 0.159 e. The summed E-state index contributed by atoms with van der Waals surface area (Å²) in [4.78, 5) is 4.92. The highest BCUT2D eigenvalue weighted by molar-refractivity contribution is 7.03. The molecule has 2 heterocycles. The molecular weight excluding hydrogens is 829 g/mol.